The molecule has 0 spiro atoms. The summed E-state index contributed by atoms with van der Waals surface area (Å²) in [6, 6.07) is 0. The van der Waals surface area contributed by atoms with Gasteiger partial charge in [0.2, 0.25) is 0 Å². The topological polar surface area (TPSA) is 0 Å². The van der Waals surface area contributed by atoms with E-state index in [1.807, 2.05) is 0 Å². The maximum absolute atomic E-state index is 12.3. The van der Waals surface area contributed by atoms with E-state index in [1.54, 1.807) is 0 Å². The summed E-state index contributed by atoms with van der Waals surface area (Å²) in [5.41, 5.74) is -6.00. The first-order valence-electron chi connectivity index (χ1n) is 2.80. The Morgan fingerprint density at radius 1 is 0.533 bits per heavy atom. The number of alkyl halides is 10. The highest BCUT2D eigenvalue weighted by Gasteiger charge is 2.76. The zero-order chi connectivity index (χ0) is 12.7. The van der Waals surface area contributed by atoms with Crippen LogP contribution in [-0.2, 0) is 0 Å². The van der Waals surface area contributed by atoms with Crippen LogP contribution >= 0.6 is 11.8 Å². The van der Waals surface area contributed by atoms with Crippen LogP contribution in [0.4, 0.5) is 43.9 Å². The molecule has 11 heteroatoms. The van der Waals surface area contributed by atoms with Gasteiger partial charge >= 0.3 is 22.9 Å². The predicted molar refractivity (Wildman–Crippen MR) is 29.6 cm³/mol. The third kappa shape index (κ3) is 3.31. The summed E-state index contributed by atoms with van der Waals surface area (Å²) in [6.07, 6.45) is -13.4. The van der Waals surface area contributed by atoms with Crippen LogP contribution in [0.5, 0.6) is 0 Å². The third-order valence-corrected chi connectivity index (χ3v) is 1.96. The SMILES string of the molecule is FC(F)(F)SC(F)(C(F)(F)F)C(F)(F)F. The lowest BCUT2D eigenvalue weighted by atomic mass is 10.3. The minimum atomic E-state index is -6.70. The molecule has 0 radical (unpaired) electrons. The van der Waals surface area contributed by atoms with Crippen LogP contribution in [0.25, 0.3) is 0 Å². The van der Waals surface area contributed by atoms with E-state index in [9.17, 15) is 43.9 Å². The molecule has 0 heterocycles. The molecule has 0 N–H and O–H groups in total. The Labute approximate surface area is 79.6 Å². The van der Waals surface area contributed by atoms with E-state index < -0.39 is 34.6 Å². The van der Waals surface area contributed by atoms with Crippen molar-refractivity contribution in [3.63, 3.8) is 0 Å². The lowest BCUT2D eigenvalue weighted by Crippen LogP contribution is -2.51. The van der Waals surface area contributed by atoms with Crippen molar-refractivity contribution in [1.29, 1.82) is 0 Å². The van der Waals surface area contributed by atoms with Gasteiger partial charge in [0, 0.05) is 11.8 Å². The third-order valence-electron chi connectivity index (χ3n) is 0.986. The van der Waals surface area contributed by atoms with Crippen LogP contribution in [0.2, 0.25) is 0 Å². The molecule has 0 aromatic carbocycles. The normalized spacial score (nSPS) is 15.6. The van der Waals surface area contributed by atoms with Crippen LogP contribution < -0.4 is 0 Å². The van der Waals surface area contributed by atoms with E-state index in [1.165, 1.54) is 0 Å². The van der Waals surface area contributed by atoms with Crippen molar-refractivity contribution in [3.05, 3.63) is 0 Å². The van der Waals surface area contributed by atoms with E-state index in [0.717, 1.165) is 0 Å². The predicted octanol–water partition coefficient (Wildman–Crippen LogP) is 4.03. The Hall–Kier alpha value is -0.350. The summed E-state index contributed by atoms with van der Waals surface area (Å²) in [5, 5.41) is -6.35. The Bertz CT molecular complexity index is 205. The Morgan fingerprint density at radius 2 is 0.800 bits per heavy atom. The van der Waals surface area contributed by atoms with Crippen LogP contribution in [0.3, 0.4) is 0 Å². The van der Waals surface area contributed by atoms with Gasteiger partial charge in [0.1, 0.15) is 0 Å². The van der Waals surface area contributed by atoms with E-state index in [4.69, 9.17) is 0 Å². The summed E-state index contributed by atoms with van der Waals surface area (Å²) >= 11 is -2.80. The minimum absolute atomic E-state index is 2.80. The Balaban J connectivity index is 5.26. The van der Waals surface area contributed by atoms with Gasteiger partial charge < -0.3 is 0 Å². The van der Waals surface area contributed by atoms with Crippen molar-refractivity contribution in [2.75, 3.05) is 0 Å². The summed E-state index contributed by atoms with van der Waals surface area (Å²) in [6.45, 7) is 0. The first-order chi connectivity index (χ1) is 6.21. The molecule has 0 aromatic rings. The highest BCUT2D eigenvalue weighted by Crippen LogP contribution is 2.57. The van der Waals surface area contributed by atoms with Crippen molar-refractivity contribution in [3.8, 4) is 0 Å². The zero-order valence-electron chi connectivity index (χ0n) is 6.19. The van der Waals surface area contributed by atoms with Crippen molar-refractivity contribution in [2.24, 2.45) is 0 Å². The van der Waals surface area contributed by atoms with Gasteiger partial charge in [-0.25, -0.2) is 4.39 Å². The lowest BCUT2D eigenvalue weighted by molar-refractivity contribution is -0.304. The molecule has 0 bridgehead atoms. The summed E-state index contributed by atoms with van der Waals surface area (Å²) in [4.78, 5) is 0. The molecule has 15 heavy (non-hydrogen) atoms. The van der Waals surface area contributed by atoms with Gasteiger partial charge in [-0.3, -0.25) is 0 Å². The molecule has 0 aliphatic heterocycles. The van der Waals surface area contributed by atoms with E-state index in [-0.39, 0.29) is 0 Å². The maximum atomic E-state index is 12.3. The quantitative estimate of drug-likeness (QED) is 0.648. The van der Waals surface area contributed by atoms with Gasteiger partial charge in [-0.15, -0.1) is 0 Å². The first kappa shape index (κ1) is 14.6. The number of halogens is 10. The van der Waals surface area contributed by atoms with Crippen LogP contribution in [0.15, 0.2) is 0 Å². The summed E-state index contributed by atoms with van der Waals surface area (Å²) < 4.78 is 115. The highest BCUT2D eigenvalue weighted by molar-refractivity contribution is 8.01. The lowest BCUT2D eigenvalue weighted by Gasteiger charge is -2.29. The van der Waals surface area contributed by atoms with Gasteiger partial charge in [0.05, 0.1) is 0 Å². The van der Waals surface area contributed by atoms with Crippen LogP contribution in [-0.4, -0.2) is 22.9 Å². The molecule has 0 aliphatic carbocycles. The monoisotopic (exact) mass is 270 g/mol. The fraction of sp³-hybridized carbons (Fsp3) is 1.00. The molecule has 0 nitrogen and oxygen atoms in total. The second-order valence-electron chi connectivity index (χ2n) is 2.14. The fourth-order valence-electron chi connectivity index (χ4n) is 0.436. The molecule has 0 amide bonds. The average Bonchev–Trinajstić information content (AvgIpc) is 1.77. The molecule has 92 valence electrons. The smallest absolute Gasteiger partial charge is 0.211 e. The number of thioether (sulfide) groups is 1. The van der Waals surface area contributed by atoms with Crippen molar-refractivity contribution in [1.82, 2.24) is 0 Å². The molecule has 0 unspecified atom stereocenters. The average molecular weight is 270 g/mol. The van der Waals surface area contributed by atoms with E-state index in [0.29, 0.717) is 0 Å². The van der Waals surface area contributed by atoms with Gasteiger partial charge in [-0.1, -0.05) is 0 Å². The molecule has 0 rings (SSSR count). The second-order valence-corrected chi connectivity index (χ2v) is 3.37. The van der Waals surface area contributed by atoms with Crippen molar-refractivity contribution in [2.45, 2.75) is 22.9 Å². The molecule has 0 aromatic heterocycles. The van der Waals surface area contributed by atoms with Crippen LogP contribution in [0, 0.1) is 0 Å². The maximum Gasteiger partial charge on any atom is 0.445 e. The summed E-state index contributed by atoms with van der Waals surface area (Å²) in [5.74, 6) is 0. The molecule has 0 saturated heterocycles. The number of hydrogen-bond donors (Lipinski definition) is 0. The molecule has 0 saturated carbocycles. The Kier molecular flexibility index (Phi) is 3.51. The summed E-state index contributed by atoms with van der Waals surface area (Å²) in [7, 11) is 0. The van der Waals surface area contributed by atoms with Gasteiger partial charge in [0.15, 0.2) is 0 Å². The molecule has 0 aliphatic rings. The van der Waals surface area contributed by atoms with Gasteiger partial charge in [0.25, 0.3) is 0 Å². The fourth-order valence-corrected chi connectivity index (χ4v) is 0.986. The van der Waals surface area contributed by atoms with Gasteiger partial charge in [-0.05, 0) is 0 Å². The Morgan fingerprint density at radius 3 is 0.867 bits per heavy atom. The molecule has 0 atom stereocenters. The highest BCUT2D eigenvalue weighted by atomic mass is 32.2. The first-order valence-corrected chi connectivity index (χ1v) is 3.61. The number of rotatable bonds is 1. The minimum Gasteiger partial charge on any atom is -0.211 e. The zero-order valence-corrected chi connectivity index (χ0v) is 7.00. The molecular formula is C4F10S. The molecule has 0 fully saturated rings. The van der Waals surface area contributed by atoms with Crippen molar-refractivity contribution < 1.29 is 43.9 Å². The van der Waals surface area contributed by atoms with Gasteiger partial charge in [-0.2, -0.15) is 39.5 Å². The van der Waals surface area contributed by atoms with E-state index >= 15 is 0 Å². The van der Waals surface area contributed by atoms with Crippen LogP contribution in [0.1, 0.15) is 0 Å². The molecular weight excluding hydrogens is 270 g/mol. The number of hydrogen-bond acceptors (Lipinski definition) is 1. The van der Waals surface area contributed by atoms with Crippen molar-refractivity contribution >= 4 is 11.8 Å². The standard InChI is InChI=1S/C4F10S/c5-1(2(6,7)8,3(9,10)11)15-4(12,13)14. The van der Waals surface area contributed by atoms with E-state index in [2.05, 4.69) is 0 Å². The largest absolute Gasteiger partial charge is 0.445 e. The second kappa shape index (κ2) is 3.59.